The first-order valence-electron chi connectivity index (χ1n) is 11.0. The third-order valence-electron chi connectivity index (χ3n) is 7.26. The highest BCUT2D eigenvalue weighted by Gasteiger charge is 2.69. The molecule has 166 valence electrons. The Labute approximate surface area is 201 Å². The normalized spacial score (nSPS) is 28.1. The van der Waals surface area contributed by atoms with Crippen molar-refractivity contribution in [1.82, 2.24) is 9.88 Å². The van der Waals surface area contributed by atoms with Crippen LogP contribution in [-0.4, -0.2) is 39.2 Å². The van der Waals surface area contributed by atoms with E-state index in [1.165, 1.54) is 0 Å². The molecule has 6 rings (SSSR count). The molecule has 33 heavy (non-hydrogen) atoms. The molecule has 2 fully saturated rings. The number of rotatable bonds is 3. The Morgan fingerprint density at radius 3 is 2.79 bits per heavy atom. The van der Waals surface area contributed by atoms with Crippen LogP contribution in [0.15, 0.2) is 67.0 Å². The number of Topliss-reactive ketones (excluding diaryl/α,β-unsaturated/α-hetero) is 1. The van der Waals surface area contributed by atoms with Crippen LogP contribution in [-0.2, 0) is 10.3 Å². The van der Waals surface area contributed by atoms with Gasteiger partial charge in [0.15, 0.2) is 5.78 Å². The van der Waals surface area contributed by atoms with Crippen molar-refractivity contribution in [3.05, 3.63) is 94.3 Å². The number of carbonyl (C=O) groups excluding carboxylic acids is 2. The number of amides is 1. The topological polar surface area (TPSA) is 62.3 Å². The Morgan fingerprint density at radius 1 is 1.21 bits per heavy atom. The quantitative estimate of drug-likeness (QED) is 0.548. The molecule has 1 amide bonds. The maximum Gasteiger partial charge on any atom is 0.250 e. The lowest BCUT2D eigenvalue weighted by Gasteiger charge is -2.36. The van der Waals surface area contributed by atoms with Crippen LogP contribution >= 0.6 is 23.4 Å². The van der Waals surface area contributed by atoms with Gasteiger partial charge >= 0.3 is 0 Å². The van der Waals surface area contributed by atoms with E-state index in [4.69, 9.17) is 11.6 Å². The second-order valence-electron chi connectivity index (χ2n) is 8.97. The first kappa shape index (κ1) is 20.9. The fourth-order valence-corrected chi connectivity index (χ4v) is 7.39. The molecule has 3 aromatic rings. The minimum atomic E-state index is -1.06. The van der Waals surface area contributed by atoms with Gasteiger partial charge in [-0.2, -0.15) is 0 Å². The predicted molar refractivity (Wildman–Crippen MR) is 131 cm³/mol. The molecule has 1 spiro atoms. The van der Waals surface area contributed by atoms with E-state index in [1.807, 2.05) is 55.1 Å². The van der Waals surface area contributed by atoms with Gasteiger partial charge in [-0.3, -0.25) is 19.5 Å². The van der Waals surface area contributed by atoms with Crippen LogP contribution in [0.25, 0.3) is 0 Å². The Morgan fingerprint density at radius 2 is 2.03 bits per heavy atom. The zero-order valence-corrected chi connectivity index (χ0v) is 19.6. The Hall–Kier alpha value is -2.67. The van der Waals surface area contributed by atoms with Crippen molar-refractivity contribution in [3.8, 4) is 0 Å². The van der Waals surface area contributed by atoms with Gasteiger partial charge in [-0.15, -0.1) is 11.8 Å². The van der Waals surface area contributed by atoms with E-state index in [9.17, 15) is 9.59 Å². The highest BCUT2D eigenvalue weighted by Crippen LogP contribution is 2.61. The highest BCUT2D eigenvalue weighted by molar-refractivity contribution is 7.99. The summed E-state index contributed by atoms with van der Waals surface area (Å²) in [5, 5.41) is 3.76. The van der Waals surface area contributed by atoms with Crippen LogP contribution in [0.2, 0.25) is 5.02 Å². The maximum absolute atomic E-state index is 14.3. The number of anilines is 1. The summed E-state index contributed by atoms with van der Waals surface area (Å²) in [6.45, 7) is 2.02. The first-order chi connectivity index (χ1) is 16.0. The molecule has 2 saturated heterocycles. The minimum Gasteiger partial charge on any atom is -0.324 e. The van der Waals surface area contributed by atoms with E-state index in [1.54, 1.807) is 24.5 Å². The molecule has 0 bridgehead atoms. The number of hydrogen-bond donors (Lipinski definition) is 1. The molecule has 0 saturated carbocycles. The molecule has 0 radical (unpaired) electrons. The van der Waals surface area contributed by atoms with Crippen LogP contribution in [0.5, 0.6) is 0 Å². The lowest BCUT2D eigenvalue weighted by Crippen LogP contribution is -2.52. The predicted octanol–water partition coefficient (Wildman–Crippen LogP) is 4.86. The summed E-state index contributed by atoms with van der Waals surface area (Å²) in [6, 6.07) is 17.4. The summed E-state index contributed by atoms with van der Waals surface area (Å²) in [4.78, 5) is 34.7. The fraction of sp³-hybridized carbons (Fsp3) is 0.269. The number of nitrogens with zero attached hydrogens (tertiary/aromatic N) is 2. The van der Waals surface area contributed by atoms with Gasteiger partial charge in [0, 0.05) is 57.8 Å². The van der Waals surface area contributed by atoms with Gasteiger partial charge in [0.05, 0.1) is 5.92 Å². The first-order valence-corrected chi connectivity index (χ1v) is 12.5. The van der Waals surface area contributed by atoms with Crippen molar-refractivity contribution >= 4 is 40.7 Å². The van der Waals surface area contributed by atoms with Crippen molar-refractivity contribution in [2.45, 2.75) is 24.4 Å². The van der Waals surface area contributed by atoms with Gasteiger partial charge in [0.2, 0.25) is 5.91 Å². The van der Waals surface area contributed by atoms with Crippen molar-refractivity contribution < 1.29 is 9.59 Å². The fourth-order valence-electron chi connectivity index (χ4n) is 5.94. The summed E-state index contributed by atoms with van der Waals surface area (Å²) >= 11 is 8.01. The van der Waals surface area contributed by atoms with Crippen LogP contribution < -0.4 is 5.32 Å². The van der Waals surface area contributed by atoms with E-state index >= 15 is 0 Å². The number of carbonyl (C=O) groups is 2. The molecule has 4 atom stereocenters. The molecule has 1 N–H and O–H groups in total. The van der Waals surface area contributed by atoms with Gasteiger partial charge < -0.3 is 5.32 Å². The SMILES string of the molecule is Cc1ccc2c(c1)[C@]1(C(=O)N2)[C@H](C(=O)c2cccnc2)[C@@H](c2ccc(Cl)cc2)[C@@H]2CSCN21. The Bertz CT molecular complexity index is 1270. The van der Waals surface area contributed by atoms with E-state index in [0.717, 1.165) is 28.1 Å². The monoisotopic (exact) mass is 475 g/mol. The van der Waals surface area contributed by atoms with E-state index in [2.05, 4.69) is 21.3 Å². The summed E-state index contributed by atoms with van der Waals surface area (Å²) in [5.74, 6) is 0.660. The van der Waals surface area contributed by atoms with Crippen molar-refractivity contribution in [3.63, 3.8) is 0 Å². The number of aromatic nitrogens is 1. The zero-order chi connectivity index (χ0) is 22.7. The third kappa shape index (κ3) is 2.94. The molecule has 5 nitrogen and oxygen atoms in total. The number of benzene rings is 2. The number of hydrogen-bond acceptors (Lipinski definition) is 5. The van der Waals surface area contributed by atoms with Gasteiger partial charge in [0.1, 0.15) is 5.54 Å². The van der Waals surface area contributed by atoms with Crippen LogP contribution in [0, 0.1) is 12.8 Å². The van der Waals surface area contributed by atoms with E-state index < -0.39 is 11.5 Å². The number of aryl methyl sites for hydroxylation is 1. The average Bonchev–Trinajstić information content (AvgIpc) is 3.48. The summed E-state index contributed by atoms with van der Waals surface area (Å²) in [5.41, 5.74) is 3.26. The summed E-state index contributed by atoms with van der Waals surface area (Å²) < 4.78 is 0. The molecule has 0 unspecified atom stereocenters. The summed E-state index contributed by atoms with van der Waals surface area (Å²) in [7, 11) is 0. The molecule has 4 heterocycles. The molecule has 3 aliphatic rings. The van der Waals surface area contributed by atoms with E-state index in [0.29, 0.717) is 16.5 Å². The van der Waals surface area contributed by atoms with Crippen molar-refractivity contribution in [1.29, 1.82) is 0 Å². The number of pyridine rings is 1. The van der Waals surface area contributed by atoms with Crippen LogP contribution in [0.4, 0.5) is 5.69 Å². The number of halogens is 1. The summed E-state index contributed by atoms with van der Waals surface area (Å²) in [6.07, 6.45) is 3.27. The second-order valence-corrected chi connectivity index (χ2v) is 10.4. The number of thioether (sulfide) groups is 1. The van der Waals surface area contributed by atoms with Gasteiger partial charge in [0.25, 0.3) is 0 Å². The molecule has 1 aromatic heterocycles. The van der Waals surface area contributed by atoms with Crippen LogP contribution in [0.1, 0.15) is 33.0 Å². The average molecular weight is 476 g/mol. The van der Waals surface area contributed by atoms with Gasteiger partial charge in [-0.25, -0.2) is 0 Å². The number of nitrogens with one attached hydrogen (secondary N) is 1. The highest BCUT2D eigenvalue weighted by atomic mass is 35.5. The molecule has 7 heteroatoms. The Balaban J connectivity index is 1.63. The van der Waals surface area contributed by atoms with E-state index in [-0.39, 0.29) is 23.7 Å². The molecule has 0 aliphatic carbocycles. The number of fused-ring (bicyclic) bond motifs is 4. The lowest BCUT2D eigenvalue weighted by atomic mass is 9.69. The molecule has 2 aromatic carbocycles. The standard InChI is InChI=1S/C26H22ClN3O2S/c1-15-4-9-20-19(11-15)26(25(32)29-20)23(24(31)17-3-2-10-28-12-17)22(21-13-33-14-30(21)26)16-5-7-18(27)8-6-16/h2-12,21-23H,13-14H2,1H3,(H,29,32)/t21-,22-,23-,26+/m0/s1. The Kier molecular flexibility index (Phi) is 4.87. The number of ketones is 1. The second kappa shape index (κ2) is 7.69. The zero-order valence-electron chi connectivity index (χ0n) is 18.0. The maximum atomic E-state index is 14.3. The van der Waals surface area contributed by atoms with Crippen LogP contribution in [0.3, 0.4) is 0 Å². The van der Waals surface area contributed by atoms with Gasteiger partial charge in [-0.1, -0.05) is 41.4 Å². The smallest absolute Gasteiger partial charge is 0.250 e. The molecule has 3 aliphatic heterocycles. The largest absolute Gasteiger partial charge is 0.324 e. The molecular weight excluding hydrogens is 454 g/mol. The van der Waals surface area contributed by atoms with Crippen molar-refractivity contribution in [2.75, 3.05) is 16.9 Å². The van der Waals surface area contributed by atoms with Gasteiger partial charge in [-0.05, 0) is 42.8 Å². The lowest BCUT2D eigenvalue weighted by molar-refractivity contribution is -0.127. The molecular formula is C26H22ClN3O2S. The van der Waals surface area contributed by atoms with Crippen molar-refractivity contribution in [2.24, 2.45) is 5.92 Å². The minimum absolute atomic E-state index is 0.0491. The third-order valence-corrected chi connectivity index (χ3v) is 8.55.